The monoisotopic (exact) mass is 419 g/mol. The number of quaternary nitrogens is 1. The Balaban J connectivity index is 1.57. The molecule has 1 aromatic heterocycles. The van der Waals surface area contributed by atoms with E-state index in [-0.39, 0.29) is 12.5 Å². The van der Waals surface area contributed by atoms with E-state index in [1.165, 1.54) is 15.6 Å². The van der Waals surface area contributed by atoms with Crippen LogP contribution in [0.2, 0.25) is 0 Å². The fraction of sp³-hybridized carbons (Fsp3) is 0.368. The van der Waals surface area contributed by atoms with E-state index in [1.807, 2.05) is 26.0 Å². The van der Waals surface area contributed by atoms with Crippen LogP contribution in [0.3, 0.4) is 0 Å². The van der Waals surface area contributed by atoms with Crippen LogP contribution in [-0.4, -0.2) is 51.4 Å². The lowest BCUT2D eigenvalue weighted by Gasteiger charge is -2.31. The van der Waals surface area contributed by atoms with Gasteiger partial charge in [-0.25, -0.2) is 8.42 Å². The summed E-state index contributed by atoms with van der Waals surface area (Å²) >= 11 is 1.32. The number of carbonyl (C=O) groups excluding carboxylic acids is 1. The highest BCUT2D eigenvalue weighted by molar-refractivity contribution is 7.89. The van der Waals surface area contributed by atoms with Gasteiger partial charge in [-0.3, -0.25) is 4.79 Å². The first-order valence-corrected chi connectivity index (χ1v) is 11.3. The average molecular weight is 420 g/mol. The van der Waals surface area contributed by atoms with Crippen LogP contribution in [0.25, 0.3) is 0 Å². The van der Waals surface area contributed by atoms with Crippen LogP contribution < -0.4 is 10.2 Å². The molecule has 3 rings (SSSR count). The number of nitrogens with one attached hydrogen (secondary N) is 2. The second-order valence-corrected chi connectivity index (χ2v) is 9.75. The number of rotatable bonds is 5. The van der Waals surface area contributed by atoms with Gasteiger partial charge in [0.25, 0.3) is 5.91 Å². The van der Waals surface area contributed by atoms with Gasteiger partial charge in [-0.1, -0.05) is 6.07 Å². The van der Waals surface area contributed by atoms with Crippen molar-refractivity contribution in [3.05, 3.63) is 46.3 Å². The maximum absolute atomic E-state index is 12.9. The Kier molecular flexibility index (Phi) is 6.15. The normalized spacial score (nSPS) is 15.9. The average Bonchev–Trinajstić information content (AvgIpc) is 3.11. The van der Waals surface area contributed by atoms with E-state index < -0.39 is 10.0 Å². The van der Waals surface area contributed by atoms with Gasteiger partial charge in [0.1, 0.15) is 11.1 Å². The van der Waals surface area contributed by atoms with Crippen molar-refractivity contribution in [2.45, 2.75) is 18.7 Å². The largest absolute Gasteiger partial charge is 0.325 e. The lowest BCUT2D eigenvalue weighted by atomic mass is 10.1. The first-order valence-electron chi connectivity index (χ1n) is 8.99. The van der Waals surface area contributed by atoms with Crippen LogP contribution >= 0.6 is 11.3 Å². The number of piperazine rings is 1. The molecule has 2 aromatic rings. The lowest BCUT2D eigenvalue weighted by Crippen LogP contribution is -3.15. The maximum Gasteiger partial charge on any atom is 0.280 e. The van der Waals surface area contributed by atoms with E-state index in [1.54, 1.807) is 23.6 Å². The summed E-state index contributed by atoms with van der Waals surface area (Å²) in [5, 5.41) is 14.1. The summed E-state index contributed by atoms with van der Waals surface area (Å²) < 4.78 is 27.2. The highest BCUT2D eigenvalue weighted by Crippen LogP contribution is 2.22. The topological polar surface area (TPSA) is 94.7 Å². The standard InChI is InChI=1S/C19H22N4O3S2/c1-14-3-4-17(11-15(14)2)28(25,26)23-8-6-22(7-9-23)13-18(24)21-19-16(12-20)5-10-27-19/h3-5,10-11H,6-9,13H2,1-2H3,(H,21,24)/p+1. The summed E-state index contributed by atoms with van der Waals surface area (Å²) in [6.45, 7) is 5.98. The van der Waals surface area contributed by atoms with Gasteiger partial charge >= 0.3 is 0 Å². The number of carbonyl (C=O) groups is 1. The van der Waals surface area contributed by atoms with Crippen molar-refractivity contribution in [1.82, 2.24) is 4.31 Å². The van der Waals surface area contributed by atoms with Crippen molar-refractivity contribution in [1.29, 1.82) is 5.26 Å². The Bertz CT molecular complexity index is 1020. The second kappa shape index (κ2) is 8.41. The van der Waals surface area contributed by atoms with Crippen molar-refractivity contribution >= 4 is 32.3 Å². The van der Waals surface area contributed by atoms with E-state index in [4.69, 9.17) is 5.26 Å². The molecular weight excluding hydrogens is 396 g/mol. The molecule has 0 saturated carbocycles. The predicted octanol–water partition coefficient (Wildman–Crippen LogP) is 0.765. The van der Waals surface area contributed by atoms with Gasteiger partial charge in [-0.15, -0.1) is 11.3 Å². The van der Waals surface area contributed by atoms with Gasteiger partial charge in [-0.2, -0.15) is 9.57 Å². The number of anilines is 1. The van der Waals surface area contributed by atoms with Gasteiger partial charge < -0.3 is 10.2 Å². The number of aryl methyl sites for hydroxylation is 2. The zero-order chi connectivity index (χ0) is 20.3. The Morgan fingerprint density at radius 1 is 1.25 bits per heavy atom. The molecule has 1 aliphatic rings. The number of nitriles is 1. The van der Waals surface area contributed by atoms with Crippen molar-refractivity contribution in [2.24, 2.45) is 0 Å². The minimum Gasteiger partial charge on any atom is -0.325 e. The second-order valence-electron chi connectivity index (χ2n) is 6.90. The lowest BCUT2D eigenvalue weighted by molar-refractivity contribution is -0.895. The minimum absolute atomic E-state index is 0.167. The first-order chi connectivity index (χ1) is 13.3. The van der Waals surface area contributed by atoms with Crippen LogP contribution in [0, 0.1) is 25.2 Å². The molecule has 28 heavy (non-hydrogen) atoms. The molecule has 0 aliphatic carbocycles. The highest BCUT2D eigenvalue weighted by atomic mass is 32.2. The molecule has 1 saturated heterocycles. The van der Waals surface area contributed by atoms with E-state index in [2.05, 4.69) is 5.32 Å². The SMILES string of the molecule is Cc1ccc(S(=O)(=O)N2CC[NH+](CC(=O)Nc3sccc3C#N)CC2)cc1C. The summed E-state index contributed by atoms with van der Waals surface area (Å²) in [6, 6.07) is 8.91. The first kappa shape index (κ1) is 20.5. The number of sulfonamides is 1. The van der Waals surface area contributed by atoms with Gasteiger partial charge in [0.2, 0.25) is 10.0 Å². The molecule has 1 aromatic carbocycles. The molecule has 1 amide bonds. The minimum atomic E-state index is -3.52. The van der Waals surface area contributed by atoms with Crippen LogP contribution in [0.1, 0.15) is 16.7 Å². The van der Waals surface area contributed by atoms with E-state index >= 15 is 0 Å². The Morgan fingerprint density at radius 2 is 1.96 bits per heavy atom. The summed E-state index contributed by atoms with van der Waals surface area (Å²) in [5.41, 5.74) is 2.47. The number of amides is 1. The van der Waals surface area contributed by atoms with Crippen LogP contribution in [0.15, 0.2) is 34.5 Å². The molecule has 9 heteroatoms. The highest BCUT2D eigenvalue weighted by Gasteiger charge is 2.31. The van der Waals surface area contributed by atoms with Gasteiger partial charge in [-0.05, 0) is 48.6 Å². The zero-order valence-corrected chi connectivity index (χ0v) is 17.5. The number of hydrogen-bond donors (Lipinski definition) is 2. The molecule has 0 unspecified atom stereocenters. The molecule has 2 heterocycles. The van der Waals surface area contributed by atoms with Crippen LogP contribution in [0.5, 0.6) is 0 Å². The summed E-state index contributed by atoms with van der Waals surface area (Å²) in [4.78, 5) is 13.6. The summed E-state index contributed by atoms with van der Waals surface area (Å²) in [6.07, 6.45) is 0. The van der Waals surface area contributed by atoms with Crippen LogP contribution in [-0.2, 0) is 14.8 Å². The smallest absolute Gasteiger partial charge is 0.280 e. The zero-order valence-electron chi connectivity index (χ0n) is 15.9. The Labute approximate surface area is 169 Å². The van der Waals surface area contributed by atoms with E-state index in [9.17, 15) is 13.2 Å². The van der Waals surface area contributed by atoms with Gasteiger partial charge in [0.05, 0.1) is 36.6 Å². The molecule has 0 radical (unpaired) electrons. The molecule has 148 valence electrons. The third-order valence-corrected chi connectivity index (χ3v) is 7.72. The van der Waals surface area contributed by atoms with Gasteiger partial charge in [0, 0.05) is 0 Å². The molecule has 7 nitrogen and oxygen atoms in total. The summed E-state index contributed by atoms with van der Waals surface area (Å²) in [5.74, 6) is -0.167. The summed E-state index contributed by atoms with van der Waals surface area (Å²) in [7, 11) is -3.52. The van der Waals surface area contributed by atoms with Crippen molar-refractivity contribution in [3.8, 4) is 6.07 Å². The molecule has 2 N–H and O–H groups in total. The predicted molar refractivity (Wildman–Crippen MR) is 108 cm³/mol. The maximum atomic E-state index is 12.9. The van der Waals surface area contributed by atoms with Crippen molar-refractivity contribution < 1.29 is 18.1 Å². The number of hydrogen-bond acceptors (Lipinski definition) is 5. The molecule has 0 spiro atoms. The van der Waals surface area contributed by atoms with Crippen LogP contribution in [0.4, 0.5) is 5.00 Å². The van der Waals surface area contributed by atoms with E-state index in [0.29, 0.717) is 41.6 Å². The molecule has 0 bridgehead atoms. The fourth-order valence-electron chi connectivity index (χ4n) is 3.13. The number of thiophene rings is 1. The van der Waals surface area contributed by atoms with Crippen molar-refractivity contribution in [2.75, 3.05) is 38.0 Å². The van der Waals surface area contributed by atoms with Crippen molar-refractivity contribution in [3.63, 3.8) is 0 Å². The third kappa shape index (κ3) is 4.42. The molecular formula is C19H23N4O3S2+. The fourth-order valence-corrected chi connectivity index (χ4v) is 5.42. The Morgan fingerprint density at radius 3 is 2.61 bits per heavy atom. The molecule has 0 atom stereocenters. The number of nitrogens with zero attached hydrogens (tertiary/aromatic N) is 2. The quantitative estimate of drug-likeness (QED) is 0.748. The Hall–Kier alpha value is -2.25. The third-order valence-electron chi connectivity index (χ3n) is 4.99. The molecule has 1 aliphatic heterocycles. The van der Waals surface area contributed by atoms with E-state index in [0.717, 1.165) is 16.0 Å². The number of benzene rings is 1. The van der Waals surface area contributed by atoms with Gasteiger partial charge in [0.15, 0.2) is 6.54 Å². The molecule has 1 fully saturated rings.